The van der Waals surface area contributed by atoms with Gasteiger partial charge >= 0.3 is 0 Å². The quantitative estimate of drug-likeness (QED) is 0.737. The second-order valence-electron chi connectivity index (χ2n) is 4.41. The number of carbonyl (C=O) groups excluding carboxylic acids is 1. The highest BCUT2D eigenvalue weighted by Gasteiger charge is 2.31. The third-order valence-corrected chi connectivity index (χ3v) is 4.22. The number of fused-ring (bicyclic) bond motifs is 1. The van der Waals surface area contributed by atoms with Crippen LogP contribution in [0.2, 0.25) is 10.0 Å². The maximum absolute atomic E-state index is 12.0. The molecule has 1 aliphatic rings. The van der Waals surface area contributed by atoms with Crippen LogP contribution in [0.15, 0.2) is 42.5 Å². The Labute approximate surface area is 115 Å². The number of benzene rings is 2. The maximum Gasteiger partial charge on any atom is 0.164 e. The maximum atomic E-state index is 12.0. The van der Waals surface area contributed by atoms with E-state index >= 15 is 0 Å². The van der Waals surface area contributed by atoms with Crippen molar-refractivity contribution >= 4 is 29.0 Å². The summed E-state index contributed by atoms with van der Waals surface area (Å²) in [4.78, 5) is 12.0. The monoisotopic (exact) mass is 276 g/mol. The number of carbonyl (C=O) groups is 1. The fourth-order valence-corrected chi connectivity index (χ4v) is 2.97. The van der Waals surface area contributed by atoms with Crippen LogP contribution in [0.3, 0.4) is 0 Å². The number of Topliss-reactive ketones (excluding diaryl/α,β-unsaturated/α-hetero) is 1. The van der Waals surface area contributed by atoms with Crippen LogP contribution < -0.4 is 0 Å². The average Bonchev–Trinajstić information content (AvgIpc) is 2.71. The minimum atomic E-state index is 0.0277. The Hall–Kier alpha value is -1.31. The summed E-state index contributed by atoms with van der Waals surface area (Å²) in [6.45, 7) is 0. The Morgan fingerprint density at radius 1 is 0.944 bits per heavy atom. The first-order valence-electron chi connectivity index (χ1n) is 5.74. The lowest BCUT2D eigenvalue weighted by molar-refractivity contribution is 0.0991. The Bertz CT molecular complexity index is 634. The second-order valence-corrected chi connectivity index (χ2v) is 5.20. The molecule has 0 aliphatic heterocycles. The van der Waals surface area contributed by atoms with Gasteiger partial charge in [0, 0.05) is 17.9 Å². The molecule has 0 aromatic heterocycles. The molecule has 2 aromatic rings. The van der Waals surface area contributed by atoms with Crippen molar-refractivity contribution in [3.8, 4) is 0 Å². The fourth-order valence-electron chi connectivity index (χ4n) is 2.53. The van der Waals surface area contributed by atoms with Gasteiger partial charge in [-0.1, -0.05) is 59.6 Å². The molecule has 2 aromatic carbocycles. The summed E-state index contributed by atoms with van der Waals surface area (Å²) in [6, 6.07) is 13.3. The van der Waals surface area contributed by atoms with Crippen molar-refractivity contribution in [2.75, 3.05) is 0 Å². The zero-order chi connectivity index (χ0) is 12.7. The lowest BCUT2D eigenvalue weighted by Gasteiger charge is -2.13. The molecule has 90 valence electrons. The van der Waals surface area contributed by atoms with Gasteiger partial charge in [0.15, 0.2) is 5.78 Å². The predicted molar refractivity (Wildman–Crippen MR) is 73.7 cm³/mol. The van der Waals surface area contributed by atoms with Gasteiger partial charge in [-0.3, -0.25) is 4.79 Å². The van der Waals surface area contributed by atoms with E-state index in [0.717, 1.165) is 16.7 Å². The number of ketones is 1. The first-order valence-corrected chi connectivity index (χ1v) is 6.50. The normalized spacial score (nSPS) is 17.9. The molecule has 3 rings (SSSR count). The van der Waals surface area contributed by atoms with Gasteiger partial charge in [-0.15, -0.1) is 0 Å². The minimum absolute atomic E-state index is 0.0277. The van der Waals surface area contributed by atoms with Crippen LogP contribution in [0, 0.1) is 0 Å². The molecule has 0 saturated heterocycles. The molecule has 1 aliphatic carbocycles. The summed E-state index contributed by atoms with van der Waals surface area (Å²) >= 11 is 12.3. The van der Waals surface area contributed by atoms with Crippen LogP contribution in [0.1, 0.15) is 33.8 Å². The fraction of sp³-hybridized carbons (Fsp3) is 0.133. The standard InChI is InChI=1S/C15H10Cl2O/c16-13-7-3-6-11(15(13)17)12-8-14(18)10-5-2-1-4-9(10)12/h1-7,12H,8H2. The minimum Gasteiger partial charge on any atom is -0.294 e. The largest absolute Gasteiger partial charge is 0.294 e. The van der Waals surface area contributed by atoms with Gasteiger partial charge in [0.2, 0.25) is 0 Å². The number of hydrogen-bond acceptors (Lipinski definition) is 1. The Morgan fingerprint density at radius 3 is 2.50 bits per heavy atom. The van der Waals surface area contributed by atoms with E-state index in [4.69, 9.17) is 23.2 Å². The van der Waals surface area contributed by atoms with Gasteiger partial charge in [-0.2, -0.15) is 0 Å². The lowest BCUT2D eigenvalue weighted by atomic mass is 9.93. The molecule has 18 heavy (non-hydrogen) atoms. The summed E-state index contributed by atoms with van der Waals surface area (Å²) in [6.07, 6.45) is 0.472. The van der Waals surface area contributed by atoms with Crippen LogP contribution in [-0.2, 0) is 0 Å². The zero-order valence-electron chi connectivity index (χ0n) is 9.49. The molecule has 0 amide bonds. The van der Waals surface area contributed by atoms with Crippen LogP contribution >= 0.6 is 23.2 Å². The van der Waals surface area contributed by atoms with Gasteiger partial charge in [0.05, 0.1) is 10.0 Å². The van der Waals surface area contributed by atoms with Crippen molar-refractivity contribution in [1.82, 2.24) is 0 Å². The first kappa shape index (κ1) is 11.8. The second kappa shape index (κ2) is 4.42. The van der Waals surface area contributed by atoms with E-state index in [1.165, 1.54) is 0 Å². The molecular formula is C15H10Cl2O. The van der Waals surface area contributed by atoms with Crippen molar-refractivity contribution in [1.29, 1.82) is 0 Å². The van der Waals surface area contributed by atoms with E-state index in [9.17, 15) is 4.79 Å². The molecule has 1 nitrogen and oxygen atoms in total. The molecule has 1 atom stereocenters. The van der Waals surface area contributed by atoms with Crippen molar-refractivity contribution in [3.63, 3.8) is 0 Å². The predicted octanol–water partition coefficient (Wildman–Crippen LogP) is 4.71. The van der Waals surface area contributed by atoms with E-state index in [2.05, 4.69) is 0 Å². The molecule has 0 radical (unpaired) electrons. The number of halogens is 2. The van der Waals surface area contributed by atoms with E-state index in [0.29, 0.717) is 16.5 Å². The summed E-state index contributed by atoms with van der Waals surface area (Å²) in [5, 5.41) is 1.08. The molecule has 1 unspecified atom stereocenters. The van der Waals surface area contributed by atoms with Gasteiger partial charge < -0.3 is 0 Å². The summed E-state index contributed by atoms with van der Waals surface area (Å²) in [5.74, 6) is 0.201. The van der Waals surface area contributed by atoms with Crippen molar-refractivity contribution in [2.24, 2.45) is 0 Å². The van der Waals surface area contributed by atoms with E-state index in [1.807, 2.05) is 36.4 Å². The molecule has 0 bridgehead atoms. The molecule has 3 heteroatoms. The Kier molecular flexibility index (Phi) is 2.89. The van der Waals surface area contributed by atoms with Gasteiger partial charge in [-0.25, -0.2) is 0 Å². The van der Waals surface area contributed by atoms with Crippen molar-refractivity contribution < 1.29 is 4.79 Å². The van der Waals surface area contributed by atoms with Crippen LogP contribution in [0.5, 0.6) is 0 Å². The van der Waals surface area contributed by atoms with Crippen molar-refractivity contribution in [2.45, 2.75) is 12.3 Å². The molecule has 0 N–H and O–H groups in total. The summed E-state index contributed by atoms with van der Waals surface area (Å²) in [5.41, 5.74) is 2.78. The van der Waals surface area contributed by atoms with E-state index in [-0.39, 0.29) is 11.7 Å². The summed E-state index contributed by atoms with van der Waals surface area (Å²) in [7, 11) is 0. The van der Waals surface area contributed by atoms with Gasteiger partial charge in [0.25, 0.3) is 0 Å². The van der Waals surface area contributed by atoms with Gasteiger partial charge in [0.1, 0.15) is 0 Å². The number of rotatable bonds is 1. The smallest absolute Gasteiger partial charge is 0.164 e. The average molecular weight is 277 g/mol. The molecule has 0 fully saturated rings. The van der Waals surface area contributed by atoms with Crippen molar-refractivity contribution in [3.05, 3.63) is 69.2 Å². The third kappa shape index (κ3) is 1.75. The third-order valence-electron chi connectivity index (χ3n) is 3.38. The van der Waals surface area contributed by atoms with Gasteiger partial charge in [-0.05, 0) is 17.2 Å². The molecule has 0 spiro atoms. The molecular weight excluding hydrogens is 267 g/mol. The first-order chi connectivity index (χ1) is 8.68. The van der Waals surface area contributed by atoms with E-state index < -0.39 is 0 Å². The van der Waals surface area contributed by atoms with Crippen LogP contribution in [-0.4, -0.2) is 5.78 Å². The highest BCUT2D eigenvalue weighted by atomic mass is 35.5. The molecule has 0 heterocycles. The Balaban J connectivity index is 2.15. The van der Waals surface area contributed by atoms with Crippen LogP contribution in [0.25, 0.3) is 0 Å². The lowest BCUT2D eigenvalue weighted by Crippen LogP contribution is -1.98. The van der Waals surface area contributed by atoms with E-state index in [1.54, 1.807) is 6.07 Å². The highest BCUT2D eigenvalue weighted by Crippen LogP contribution is 2.42. The Morgan fingerprint density at radius 2 is 1.67 bits per heavy atom. The number of hydrogen-bond donors (Lipinski definition) is 0. The van der Waals surface area contributed by atoms with Crippen LogP contribution in [0.4, 0.5) is 0 Å². The molecule has 0 saturated carbocycles. The zero-order valence-corrected chi connectivity index (χ0v) is 11.0. The highest BCUT2D eigenvalue weighted by molar-refractivity contribution is 6.42. The SMILES string of the molecule is O=C1CC(c2cccc(Cl)c2Cl)c2ccccc21. The summed E-state index contributed by atoms with van der Waals surface area (Å²) < 4.78 is 0. The topological polar surface area (TPSA) is 17.1 Å².